The number of hydrogen-bond acceptors (Lipinski definition) is 2. The fourth-order valence-corrected chi connectivity index (χ4v) is 3.23. The first-order valence-corrected chi connectivity index (χ1v) is 8.27. The number of hydrogen-bond donors (Lipinski definition) is 2. The molecule has 116 valence electrons. The molecule has 1 aromatic rings. The minimum atomic E-state index is -0.0234. The SMILES string of the molecule is CCCC1CCC(NCc2ccc(NC(C)=O)cc2)CC1. The number of carbonyl (C=O) groups excluding carboxylic acids is 1. The van der Waals surface area contributed by atoms with Crippen LogP contribution in [0.15, 0.2) is 24.3 Å². The number of rotatable bonds is 6. The molecule has 2 N–H and O–H groups in total. The van der Waals surface area contributed by atoms with E-state index in [0.29, 0.717) is 6.04 Å². The highest BCUT2D eigenvalue weighted by Gasteiger charge is 2.19. The van der Waals surface area contributed by atoms with Gasteiger partial charge < -0.3 is 10.6 Å². The van der Waals surface area contributed by atoms with Crippen molar-refractivity contribution in [2.24, 2.45) is 5.92 Å². The standard InChI is InChI=1S/C18H28N2O/c1-3-4-15-5-9-17(10-6-15)19-13-16-7-11-18(12-8-16)20-14(2)21/h7-8,11-12,15,17,19H,3-6,9-10,13H2,1-2H3,(H,20,21). The Morgan fingerprint density at radius 2 is 1.81 bits per heavy atom. The lowest BCUT2D eigenvalue weighted by molar-refractivity contribution is -0.114. The molecule has 0 radical (unpaired) electrons. The van der Waals surface area contributed by atoms with Crippen LogP contribution in [0.25, 0.3) is 0 Å². The van der Waals surface area contributed by atoms with Gasteiger partial charge in [-0.15, -0.1) is 0 Å². The Labute approximate surface area is 128 Å². The lowest BCUT2D eigenvalue weighted by Gasteiger charge is -2.29. The second-order valence-electron chi connectivity index (χ2n) is 6.27. The monoisotopic (exact) mass is 288 g/mol. The summed E-state index contributed by atoms with van der Waals surface area (Å²) in [6, 6.07) is 8.78. The molecule has 1 fully saturated rings. The van der Waals surface area contributed by atoms with Crippen molar-refractivity contribution < 1.29 is 4.79 Å². The van der Waals surface area contributed by atoms with Gasteiger partial charge in [-0.1, -0.05) is 31.9 Å². The zero-order chi connectivity index (χ0) is 15.1. The molecule has 1 aliphatic carbocycles. The highest BCUT2D eigenvalue weighted by atomic mass is 16.1. The Morgan fingerprint density at radius 3 is 2.38 bits per heavy atom. The molecule has 21 heavy (non-hydrogen) atoms. The van der Waals surface area contributed by atoms with E-state index in [2.05, 4.69) is 29.7 Å². The fraction of sp³-hybridized carbons (Fsp3) is 0.611. The van der Waals surface area contributed by atoms with Crippen molar-refractivity contribution in [3.63, 3.8) is 0 Å². The summed E-state index contributed by atoms with van der Waals surface area (Å²) in [7, 11) is 0. The normalized spacial score (nSPS) is 22.0. The molecule has 1 aliphatic rings. The number of anilines is 1. The summed E-state index contributed by atoms with van der Waals surface area (Å²) < 4.78 is 0. The summed E-state index contributed by atoms with van der Waals surface area (Å²) in [5, 5.41) is 6.47. The van der Waals surface area contributed by atoms with Gasteiger partial charge in [-0.2, -0.15) is 0 Å². The van der Waals surface area contributed by atoms with Gasteiger partial charge >= 0.3 is 0 Å². The van der Waals surface area contributed by atoms with Crippen molar-refractivity contribution in [3.05, 3.63) is 29.8 Å². The molecule has 0 atom stereocenters. The highest BCUT2D eigenvalue weighted by molar-refractivity contribution is 5.88. The van der Waals surface area contributed by atoms with E-state index in [4.69, 9.17) is 0 Å². The van der Waals surface area contributed by atoms with Crippen LogP contribution in [0.3, 0.4) is 0 Å². The van der Waals surface area contributed by atoms with E-state index in [1.165, 1.54) is 51.0 Å². The van der Waals surface area contributed by atoms with E-state index in [9.17, 15) is 4.79 Å². The molecule has 0 heterocycles. The van der Waals surface area contributed by atoms with Crippen molar-refractivity contribution in [1.82, 2.24) is 5.32 Å². The molecule has 0 aromatic heterocycles. The number of nitrogens with one attached hydrogen (secondary N) is 2. The van der Waals surface area contributed by atoms with Gasteiger partial charge in [0.15, 0.2) is 0 Å². The van der Waals surface area contributed by atoms with Crippen LogP contribution in [0.1, 0.15) is 57.9 Å². The van der Waals surface area contributed by atoms with Gasteiger partial charge in [-0.05, 0) is 49.3 Å². The molecule has 1 saturated carbocycles. The summed E-state index contributed by atoms with van der Waals surface area (Å²) in [5.74, 6) is 0.940. The largest absolute Gasteiger partial charge is 0.326 e. The van der Waals surface area contributed by atoms with Crippen LogP contribution in [0.2, 0.25) is 0 Å². The van der Waals surface area contributed by atoms with Gasteiger partial charge in [-0.3, -0.25) is 4.79 Å². The molecule has 1 amide bonds. The summed E-state index contributed by atoms with van der Waals surface area (Å²) in [6.45, 7) is 4.74. The van der Waals surface area contributed by atoms with Gasteiger partial charge in [0.25, 0.3) is 0 Å². The minimum Gasteiger partial charge on any atom is -0.326 e. The summed E-state index contributed by atoms with van der Waals surface area (Å²) in [5.41, 5.74) is 2.14. The quantitative estimate of drug-likeness (QED) is 0.827. The van der Waals surface area contributed by atoms with Crippen molar-refractivity contribution in [1.29, 1.82) is 0 Å². The summed E-state index contributed by atoms with van der Waals surface area (Å²) in [6.07, 6.45) is 8.12. The minimum absolute atomic E-state index is 0.0234. The lowest BCUT2D eigenvalue weighted by atomic mass is 9.83. The molecule has 0 spiro atoms. The predicted molar refractivity (Wildman–Crippen MR) is 88.2 cm³/mol. The number of benzene rings is 1. The second kappa shape index (κ2) is 8.18. The van der Waals surface area contributed by atoms with Crippen LogP contribution in [0.4, 0.5) is 5.69 Å². The molecule has 0 unspecified atom stereocenters. The molecule has 0 aliphatic heterocycles. The van der Waals surface area contributed by atoms with Crippen LogP contribution in [0, 0.1) is 5.92 Å². The van der Waals surface area contributed by atoms with Crippen LogP contribution in [-0.2, 0) is 11.3 Å². The zero-order valence-corrected chi connectivity index (χ0v) is 13.3. The molecular formula is C18H28N2O. The Kier molecular flexibility index (Phi) is 6.24. The van der Waals surface area contributed by atoms with Crippen molar-refractivity contribution in [2.45, 2.75) is 65.0 Å². The maximum absolute atomic E-state index is 11.0. The first-order valence-electron chi connectivity index (χ1n) is 8.27. The Bertz CT molecular complexity index is 433. The topological polar surface area (TPSA) is 41.1 Å². The number of carbonyl (C=O) groups is 1. The van der Waals surface area contributed by atoms with Crippen molar-refractivity contribution in [3.8, 4) is 0 Å². The molecule has 2 rings (SSSR count). The van der Waals surface area contributed by atoms with Crippen molar-refractivity contribution in [2.75, 3.05) is 5.32 Å². The molecule has 3 heteroatoms. The Morgan fingerprint density at radius 1 is 1.14 bits per heavy atom. The summed E-state index contributed by atoms with van der Waals surface area (Å²) in [4.78, 5) is 11.0. The third kappa shape index (κ3) is 5.50. The molecule has 1 aromatic carbocycles. The van der Waals surface area contributed by atoms with Crippen LogP contribution >= 0.6 is 0 Å². The first-order chi connectivity index (χ1) is 10.2. The van der Waals surface area contributed by atoms with Crippen LogP contribution in [-0.4, -0.2) is 11.9 Å². The highest BCUT2D eigenvalue weighted by Crippen LogP contribution is 2.27. The Balaban J connectivity index is 1.72. The molecular weight excluding hydrogens is 260 g/mol. The van der Waals surface area contributed by atoms with E-state index >= 15 is 0 Å². The van der Waals surface area contributed by atoms with E-state index in [1.54, 1.807) is 0 Å². The lowest BCUT2D eigenvalue weighted by Crippen LogP contribution is -2.32. The third-order valence-electron chi connectivity index (χ3n) is 4.41. The van der Waals surface area contributed by atoms with E-state index in [1.807, 2.05) is 12.1 Å². The maximum Gasteiger partial charge on any atom is 0.221 e. The maximum atomic E-state index is 11.0. The van der Waals surface area contributed by atoms with Gasteiger partial charge in [-0.25, -0.2) is 0 Å². The third-order valence-corrected chi connectivity index (χ3v) is 4.41. The fourth-order valence-electron chi connectivity index (χ4n) is 3.23. The van der Waals surface area contributed by atoms with Gasteiger partial charge in [0.05, 0.1) is 0 Å². The zero-order valence-electron chi connectivity index (χ0n) is 13.3. The average molecular weight is 288 g/mol. The predicted octanol–water partition coefficient (Wildman–Crippen LogP) is 4.09. The van der Waals surface area contributed by atoms with Gasteiger partial charge in [0, 0.05) is 25.2 Å². The summed E-state index contributed by atoms with van der Waals surface area (Å²) >= 11 is 0. The molecule has 0 bridgehead atoms. The van der Waals surface area contributed by atoms with E-state index < -0.39 is 0 Å². The number of amides is 1. The smallest absolute Gasteiger partial charge is 0.221 e. The van der Waals surface area contributed by atoms with E-state index in [-0.39, 0.29) is 5.91 Å². The molecule has 3 nitrogen and oxygen atoms in total. The van der Waals surface area contributed by atoms with E-state index in [0.717, 1.165) is 18.2 Å². The molecule has 0 saturated heterocycles. The Hall–Kier alpha value is -1.35. The van der Waals surface area contributed by atoms with Crippen LogP contribution < -0.4 is 10.6 Å². The second-order valence-corrected chi connectivity index (χ2v) is 6.27. The van der Waals surface area contributed by atoms with Gasteiger partial charge in [0.2, 0.25) is 5.91 Å². The first kappa shape index (κ1) is 16.0. The average Bonchev–Trinajstić information content (AvgIpc) is 2.48. The van der Waals surface area contributed by atoms with Gasteiger partial charge in [0.1, 0.15) is 0 Å². The van der Waals surface area contributed by atoms with Crippen LogP contribution in [0.5, 0.6) is 0 Å². The van der Waals surface area contributed by atoms with Crippen molar-refractivity contribution >= 4 is 11.6 Å².